The first-order chi connectivity index (χ1) is 10.8. The van der Waals surface area contributed by atoms with Crippen molar-refractivity contribution in [2.75, 3.05) is 6.54 Å². The fraction of sp³-hybridized carbons (Fsp3) is 0.571. The number of likely N-dealkylation sites (tertiary alicyclic amines) is 1. The average molecular weight is 350 g/mol. The molecule has 1 amide bonds. The quantitative estimate of drug-likeness (QED) is 0.858. The Labute approximate surface area is 135 Å². The summed E-state index contributed by atoms with van der Waals surface area (Å²) in [5, 5.41) is 12.4. The first-order valence-electron chi connectivity index (χ1n) is 7.13. The van der Waals surface area contributed by atoms with Gasteiger partial charge < -0.3 is 10.4 Å². The molecule has 2 fully saturated rings. The number of carbonyl (C=O) groups is 2. The molecule has 2 saturated heterocycles. The third kappa shape index (κ3) is 4.93. The van der Waals surface area contributed by atoms with Crippen LogP contribution >= 0.6 is 11.3 Å². The second-order valence-electron chi connectivity index (χ2n) is 5.42. The number of amides is 1. The molecule has 2 N–H and O–H groups in total. The molecule has 23 heavy (non-hydrogen) atoms. The monoisotopic (exact) mass is 350 g/mol. The summed E-state index contributed by atoms with van der Waals surface area (Å²) in [4.78, 5) is 24.1. The standard InChI is InChI=1S/C12H16N2OS.C2HF3O2/c15-12-4-3-11-10(13-12)5-6-14(11)8-9-2-1-7-16-9;3-2(4,5)1(6)7/h1-2,7,10-11H,3-6,8H2,(H,13,15);(H,6,7)/t10-,11+;/m1./s1. The molecule has 0 saturated carbocycles. The lowest BCUT2D eigenvalue weighted by Gasteiger charge is -2.31. The van der Waals surface area contributed by atoms with Gasteiger partial charge in [0.2, 0.25) is 5.91 Å². The van der Waals surface area contributed by atoms with E-state index >= 15 is 0 Å². The molecule has 1 aromatic heterocycles. The van der Waals surface area contributed by atoms with Crippen LogP contribution < -0.4 is 5.32 Å². The van der Waals surface area contributed by atoms with E-state index in [0.717, 1.165) is 25.9 Å². The third-order valence-electron chi connectivity index (χ3n) is 3.86. The van der Waals surface area contributed by atoms with Gasteiger partial charge in [-0.2, -0.15) is 13.2 Å². The molecule has 2 atom stereocenters. The van der Waals surface area contributed by atoms with Crippen LogP contribution in [0.4, 0.5) is 13.2 Å². The van der Waals surface area contributed by atoms with Crippen molar-refractivity contribution in [3.8, 4) is 0 Å². The molecule has 2 aliphatic rings. The molecular formula is C14H17F3N2O3S. The van der Waals surface area contributed by atoms with Crippen molar-refractivity contribution in [2.45, 2.75) is 44.1 Å². The average Bonchev–Trinajstić information content (AvgIpc) is 3.09. The van der Waals surface area contributed by atoms with Crippen molar-refractivity contribution >= 4 is 23.2 Å². The van der Waals surface area contributed by atoms with Gasteiger partial charge in [0.05, 0.1) is 0 Å². The van der Waals surface area contributed by atoms with Crippen LogP contribution in [0.25, 0.3) is 0 Å². The van der Waals surface area contributed by atoms with Gasteiger partial charge in [-0.3, -0.25) is 9.69 Å². The summed E-state index contributed by atoms with van der Waals surface area (Å²) in [5.41, 5.74) is 0. The fourth-order valence-corrected chi connectivity index (χ4v) is 3.56. The molecule has 9 heteroatoms. The summed E-state index contributed by atoms with van der Waals surface area (Å²) < 4.78 is 31.7. The number of nitrogens with zero attached hydrogens (tertiary/aromatic N) is 1. The van der Waals surface area contributed by atoms with E-state index in [2.05, 4.69) is 27.7 Å². The van der Waals surface area contributed by atoms with Crippen LogP contribution in [0.2, 0.25) is 0 Å². The smallest absolute Gasteiger partial charge is 0.475 e. The maximum absolute atomic E-state index is 11.3. The predicted octanol–water partition coefficient (Wildman–Crippen LogP) is 2.23. The van der Waals surface area contributed by atoms with Gasteiger partial charge in [0.1, 0.15) is 0 Å². The van der Waals surface area contributed by atoms with E-state index in [0.29, 0.717) is 18.5 Å². The van der Waals surface area contributed by atoms with Gasteiger partial charge >= 0.3 is 12.1 Å². The fourth-order valence-electron chi connectivity index (χ4n) is 2.83. The zero-order valence-electron chi connectivity index (χ0n) is 12.2. The second kappa shape index (κ2) is 7.31. The van der Waals surface area contributed by atoms with Crippen molar-refractivity contribution in [1.29, 1.82) is 0 Å². The maximum atomic E-state index is 11.3. The highest BCUT2D eigenvalue weighted by atomic mass is 32.1. The van der Waals surface area contributed by atoms with E-state index in [4.69, 9.17) is 9.90 Å². The lowest BCUT2D eigenvalue weighted by atomic mass is 9.99. The molecule has 0 bridgehead atoms. The number of piperidine rings is 1. The summed E-state index contributed by atoms with van der Waals surface area (Å²) >= 11 is 1.82. The Morgan fingerprint density at radius 2 is 2.13 bits per heavy atom. The normalized spacial score (nSPS) is 24.4. The van der Waals surface area contributed by atoms with E-state index in [9.17, 15) is 18.0 Å². The molecule has 1 aromatic rings. The third-order valence-corrected chi connectivity index (χ3v) is 4.72. The second-order valence-corrected chi connectivity index (χ2v) is 6.45. The number of nitrogens with one attached hydrogen (secondary N) is 1. The number of carboxylic acids is 1. The number of carbonyl (C=O) groups excluding carboxylic acids is 1. The number of rotatable bonds is 2. The Bertz CT molecular complexity index is 548. The number of fused-ring (bicyclic) bond motifs is 1. The highest BCUT2D eigenvalue weighted by molar-refractivity contribution is 7.09. The van der Waals surface area contributed by atoms with E-state index in [1.807, 2.05) is 11.3 Å². The van der Waals surface area contributed by atoms with Crippen LogP contribution in [-0.4, -0.2) is 46.7 Å². The number of thiophene rings is 1. The topological polar surface area (TPSA) is 69.6 Å². The lowest BCUT2D eigenvalue weighted by molar-refractivity contribution is -0.192. The molecule has 0 aromatic carbocycles. The van der Waals surface area contributed by atoms with Crippen molar-refractivity contribution in [1.82, 2.24) is 10.2 Å². The van der Waals surface area contributed by atoms with Crippen LogP contribution in [0.3, 0.4) is 0 Å². The van der Waals surface area contributed by atoms with Gasteiger partial charge in [-0.1, -0.05) is 6.07 Å². The summed E-state index contributed by atoms with van der Waals surface area (Å²) in [7, 11) is 0. The molecule has 0 aliphatic carbocycles. The number of aliphatic carboxylic acids is 1. The molecule has 128 valence electrons. The molecule has 3 heterocycles. The number of hydrogen-bond acceptors (Lipinski definition) is 4. The van der Waals surface area contributed by atoms with E-state index in [-0.39, 0.29) is 5.91 Å². The van der Waals surface area contributed by atoms with Gasteiger partial charge in [-0.15, -0.1) is 11.3 Å². The van der Waals surface area contributed by atoms with Crippen molar-refractivity contribution in [3.05, 3.63) is 22.4 Å². The van der Waals surface area contributed by atoms with Gasteiger partial charge in [0.25, 0.3) is 0 Å². The van der Waals surface area contributed by atoms with Gasteiger partial charge in [-0.25, -0.2) is 4.79 Å². The molecule has 0 spiro atoms. The largest absolute Gasteiger partial charge is 0.490 e. The Morgan fingerprint density at radius 1 is 1.43 bits per heavy atom. The number of hydrogen-bond donors (Lipinski definition) is 2. The minimum absolute atomic E-state index is 0.235. The minimum Gasteiger partial charge on any atom is -0.475 e. The highest BCUT2D eigenvalue weighted by Crippen LogP contribution is 2.27. The molecule has 2 aliphatic heterocycles. The number of halogens is 3. The summed E-state index contributed by atoms with van der Waals surface area (Å²) in [6.07, 6.45) is -2.24. The molecule has 0 radical (unpaired) electrons. The van der Waals surface area contributed by atoms with E-state index in [1.165, 1.54) is 4.88 Å². The van der Waals surface area contributed by atoms with Gasteiger partial charge in [-0.05, 0) is 24.3 Å². The molecule has 0 unspecified atom stereocenters. The highest BCUT2D eigenvalue weighted by Gasteiger charge is 2.38. The molecule has 3 rings (SSSR count). The first kappa shape index (κ1) is 17.7. The zero-order chi connectivity index (χ0) is 17.0. The van der Waals surface area contributed by atoms with Crippen LogP contribution in [0.15, 0.2) is 17.5 Å². The zero-order valence-corrected chi connectivity index (χ0v) is 13.0. The first-order valence-corrected chi connectivity index (χ1v) is 8.01. The van der Waals surface area contributed by atoms with Gasteiger partial charge in [0.15, 0.2) is 0 Å². The summed E-state index contributed by atoms with van der Waals surface area (Å²) in [5.74, 6) is -2.52. The van der Waals surface area contributed by atoms with Crippen LogP contribution in [-0.2, 0) is 16.1 Å². The summed E-state index contributed by atoms with van der Waals surface area (Å²) in [6.45, 7) is 2.17. The van der Waals surface area contributed by atoms with Crippen molar-refractivity contribution < 1.29 is 27.9 Å². The molecule has 5 nitrogen and oxygen atoms in total. The lowest BCUT2D eigenvalue weighted by Crippen LogP contribution is -2.49. The minimum atomic E-state index is -5.08. The Hall–Kier alpha value is -1.61. The van der Waals surface area contributed by atoms with Crippen LogP contribution in [0.1, 0.15) is 24.1 Å². The Balaban J connectivity index is 0.000000236. The number of alkyl halides is 3. The molecular weight excluding hydrogens is 333 g/mol. The summed E-state index contributed by atoms with van der Waals surface area (Å²) in [6, 6.07) is 5.27. The van der Waals surface area contributed by atoms with Crippen LogP contribution in [0.5, 0.6) is 0 Å². The van der Waals surface area contributed by atoms with E-state index in [1.54, 1.807) is 0 Å². The van der Waals surface area contributed by atoms with Crippen LogP contribution in [0, 0.1) is 0 Å². The Morgan fingerprint density at radius 3 is 2.70 bits per heavy atom. The predicted molar refractivity (Wildman–Crippen MR) is 78.0 cm³/mol. The van der Waals surface area contributed by atoms with Crippen molar-refractivity contribution in [3.63, 3.8) is 0 Å². The van der Waals surface area contributed by atoms with Gasteiger partial charge in [0, 0.05) is 36.5 Å². The van der Waals surface area contributed by atoms with E-state index < -0.39 is 12.1 Å². The SMILES string of the molecule is O=C(O)C(F)(F)F.O=C1CC[C@H]2[C@@H](CCN2Cc2cccs2)N1. The maximum Gasteiger partial charge on any atom is 0.490 e. The van der Waals surface area contributed by atoms with Crippen molar-refractivity contribution in [2.24, 2.45) is 0 Å². The Kier molecular flexibility index (Phi) is 5.64. The number of carboxylic acid groups (broad SMARTS) is 1.